The van der Waals surface area contributed by atoms with Gasteiger partial charge in [0.1, 0.15) is 0 Å². The zero-order chi connectivity index (χ0) is 16.0. The third kappa shape index (κ3) is 2.81. The zero-order valence-corrected chi connectivity index (χ0v) is 12.8. The van der Waals surface area contributed by atoms with Crippen molar-refractivity contribution in [1.29, 1.82) is 0 Å². The van der Waals surface area contributed by atoms with E-state index in [4.69, 9.17) is 0 Å². The van der Waals surface area contributed by atoms with E-state index in [-0.39, 0.29) is 11.5 Å². The van der Waals surface area contributed by atoms with Gasteiger partial charge in [-0.1, -0.05) is 11.8 Å². The number of aryl methyl sites for hydroxylation is 1. The van der Waals surface area contributed by atoms with Gasteiger partial charge in [0.25, 0.3) is 0 Å². The fourth-order valence-electron chi connectivity index (χ4n) is 2.32. The summed E-state index contributed by atoms with van der Waals surface area (Å²) in [4.78, 5) is 11.7. The van der Waals surface area contributed by atoms with Crippen LogP contribution in [0.3, 0.4) is 0 Å². The Morgan fingerprint density at radius 2 is 2.00 bits per heavy atom. The molecule has 0 spiro atoms. The first kappa shape index (κ1) is 14.3. The van der Waals surface area contributed by atoms with Crippen molar-refractivity contribution in [1.82, 2.24) is 15.0 Å². The number of aromatic nitrogens is 3. The monoisotopic (exact) mass is 335 g/mol. The van der Waals surface area contributed by atoms with Crippen molar-refractivity contribution in [2.75, 3.05) is 0 Å². The Morgan fingerprint density at radius 3 is 2.78 bits per heavy atom. The molecule has 0 atom stereocenters. The number of H-pyrrole nitrogens is 1. The highest BCUT2D eigenvalue weighted by atomic mass is 32.2. The molecule has 8 heteroatoms. The van der Waals surface area contributed by atoms with E-state index in [1.165, 1.54) is 23.9 Å². The summed E-state index contributed by atoms with van der Waals surface area (Å²) in [5.41, 5.74) is 3.26. The van der Waals surface area contributed by atoms with Crippen molar-refractivity contribution < 1.29 is 18.3 Å². The standard InChI is InChI=1S/C15H11F2N3O2S/c1-8-2-3-18-9(4-8)7-23-14-19-10-5-12-13(6-11(10)20-14)22-15(16,17)21-12/h2-6H,7H2,1H3,(H,19,20). The summed E-state index contributed by atoms with van der Waals surface area (Å²) in [5.74, 6) is 0.653. The van der Waals surface area contributed by atoms with Gasteiger partial charge in [0.2, 0.25) is 0 Å². The van der Waals surface area contributed by atoms with Gasteiger partial charge in [-0.3, -0.25) is 4.98 Å². The number of rotatable bonds is 3. The zero-order valence-electron chi connectivity index (χ0n) is 12.0. The number of thioether (sulfide) groups is 1. The van der Waals surface area contributed by atoms with Gasteiger partial charge in [-0.05, 0) is 24.6 Å². The molecular weight excluding hydrogens is 324 g/mol. The number of ether oxygens (including phenoxy) is 2. The molecule has 0 amide bonds. The van der Waals surface area contributed by atoms with Crippen LogP contribution in [0.1, 0.15) is 11.3 Å². The first-order valence-corrected chi connectivity index (χ1v) is 7.81. The number of nitrogens with one attached hydrogen (secondary N) is 1. The second-order valence-corrected chi connectivity index (χ2v) is 6.10. The van der Waals surface area contributed by atoms with Gasteiger partial charge in [0, 0.05) is 24.1 Å². The first-order valence-electron chi connectivity index (χ1n) is 6.82. The van der Waals surface area contributed by atoms with Gasteiger partial charge in [0.15, 0.2) is 16.7 Å². The molecule has 1 aromatic carbocycles. The van der Waals surface area contributed by atoms with Crippen molar-refractivity contribution in [2.24, 2.45) is 0 Å². The minimum absolute atomic E-state index is 0.00282. The molecule has 5 nitrogen and oxygen atoms in total. The van der Waals surface area contributed by atoms with Crippen molar-refractivity contribution in [2.45, 2.75) is 24.1 Å². The number of aromatic amines is 1. The fraction of sp³-hybridized carbons (Fsp3) is 0.200. The summed E-state index contributed by atoms with van der Waals surface area (Å²) in [6, 6.07) is 6.85. The number of pyridine rings is 1. The predicted octanol–water partition coefficient (Wildman–Crippen LogP) is 3.88. The summed E-state index contributed by atoms with van der Waals surface area (Å²) in [5, 5.41) is 0.679. The molecule has 0 fully saturated rings. The number of nitrogens with zero attached hydrogens (tertiary/aromatic N) is 2. The quantitative estimate of drug-likeness (QED) is 0.736. The van der Waals surface area contributed by atoms with Gasteiger partial charge in [-0.2, -0.15) is 0 Å². The summed E-state index contributed by atoms with van der Waals surface area (Å²) in [6.07, 6.45) is -1.85. The van der Waals surface area contributed by atoms with Crippen molar-refractivity contribution in [3.8, 4) is 11.5 Å². The Hall–Kier alpha value is -2.35. The van der Waals surface area contributed by atoms with Crippen molar-refractivity contribution >= 4 is 22.8 Å². The lowest BCUT2D eigenvalue weighted by Gasteiger charge is -2.04. The molecule has 0 unspecified atom stereocenters. The topological polar surface area (TPSA) is 60.0 Å². The van der Waals surface area contributed by atoms with Crippen LogP contribution in [0.2, 0.25) is 0 Å². The summed E-state index contributed by atoms with van der Waals surface area (Å²) in [6.45, 7) is 2.01. The SMILES string of the molecule is Cc1ccnc(CSc2nc3cc4c(cc3[nH]2)OC(F)(F)O4)c1. The average molecular weight is 335 g/mol. The van der Waals surface area contributed by atoms with Gasteiger partial charge in [-0.15, -0.1) is 8.78 Å². The Bertz CT molecular complexity index is 853. The summed E-state index contributed by atoms with van der Waals surface area (Å²) < 4.78 is 34.9. The molecule has 1 N–H and O–H groups in total. The van der Waals surface area contributed by atoms with Crippen LogP contribution in [0.15, 0.2) is 35.6 Å². The largest absolute Gasteiger partial charge is 0.586 e. The highest BCUT2D eigenvalue weighted by molar-refractivity contribution is 7.98. The van der Waals surface area contributed by atoms with Crippen molar-refractivity contribution in [3.63, 3.8) is 0 Å². The van der Waals surface area contributed by atoms with Crippen LogP contribution in [0.5, 0.6) is 11.5 Å². The molecule has 1 aliphatic heterocycles. The van der Waals surface area contributed by atoms with Crippen molar-refractivity contribution in [3.05, 3.63) is 41.7 Å². The van der Waals surface area contributed by atoms with Crippen LogP contribution >= 0.6 is 11.8 Å². The number of benzene rings is 1. The molecule has 1 aliphatic rings. The van der Waals surface area contributed by atoms with E-state index in [0.29, 0.717) is 21.9 Å². The normalized spacial score (nSPS) is 15.3. The number of halogens is 2. The van der Waals surface area contributed by atoms with Gasteiger partial charge in [-0.25, -0.2) is 4.98 Å². The van der Waals surface area contributed by atoms with E-state index in [9.17, 15) is 8.78 Å². The van der Waals surface area contributed by atoms with Gasteiger partial charge < -0.3 is 14.5 Å². The highest BCUT2D eigenvalue weighted by Gasteiger charge is 2.43. The van der Waals surface area contributed by atoms with Gasteiger partial charge >= 0.3 is 6.29 Å². The molecule has 3 aromatic rings. The van der Waals surface area contributed by atoms with Crippen LogP contribution in [0, 0.1) is 6.92 Å². The van der Waals surface area contributed by atoms with E-state index in [2.05, 4.69) is 24.4 Å². The Kier molecular flexibility index (Phi) is 3.15. The lowest BCUT2D eigenvalue weighted by Crippen LogP contribution is -2.25. The van der Waals surface area contributed by atoms with E-state index in [1.54, 1.807) is 6.20 Å². The summed E-state index contributed by atoms with van der Waals surface area (Å²) >= 11 is 1.49. The molecule has 2 aromatic heterocycles. The maximum absolute atomic E-state index is 13.0. The molecule has 23 heavy (non-hydrogen) atoms. The first-order chi connectivity index (χ1) is 11.0. The molecule has 4 rings (SSSR count). The van der Waals surface area contributed by atoms with Crippen LogP contribution in [0.25, 0.3) is 11.0 Å². The molecule has 0 saturated heterocycles. The molecule has 0 bridgehead atoms. The highest BCUT2D eigenvalue weighted by Crippen LogP contribution is 2.43. The maximum atomic E-state index is 13.0. The van der Waals surface area contributed by atoms with E-state index in [1.807, 2.05) is 19.1 Å². The second kappa shape index (κ2) is 5.09. The van der Waals surface area contributed by atoms with Crippen LogP contribution in [0.4, 0.5) is 8.78 Å². The smallest absolute Gasteiger partial charge is 0.395 e. The fourth-order valence-corrected chi connectivity index (χ4v) is 3.11. The van der Waals surface area contributed by atoms with Crippen LogP contribution in [-0.4, -0.2) is 21.2 Å². The molecule has 118 valence electrons. The van der Waals surface area contributed by atoms with E-state index >= 15 is 0 Å². The van der Waals surface area contributed by atoms with E-state index < -0.39 is 6.29 Å². The van der Waals surface area contributed by atoms with Crippen LogP contribution < -0.4 is 9.47 Å². The third-order valence-electron chi connectivity index (χ3n) is 3.31. The van der Waals surface area contributed by atoms with Gasteiger partial charge in [0.05, 0.1) is 16.7 Å². The number of alkyl halides is 2. The van der Waals surface area contributed by atoms with E-state index in [0.717, 1.165) is 11.3 Å². The number of hydrogen-bond donors (Lipinski definition) is 1. The number of imidazole rings is 1. The number of hydrogen-bond acceptors (Lipinski definition) is 5. The second-order valence-electron chi connectivity index (χ2n) is 5.14. The lowest BCUT2D eigenvalue weighted by atomic mass is 10.3. The molecule has 0 saturated carbocycles. The third-order valence-corrected chi connectivity index (χ3v) is 4.22. The molecular formula is C15H11F2N3O2S. The lowest BCUT2D eigenvalue weighted by molar-refractivity contribution is -0.286. The minimum atomic E-state index is -3.62. The number of fused-ring (bicyclic) bond motifs is 2. The maximum Gasteiger partial charge on any atom is 0.586 e. The molecule has 0 radical (unpaired) electrons. The average Bonchev–Trinajstić information content (AvgIpc) is 2.99. The van der Waals surface area contributed by atoms with Crippen LogP contribution in [-0.2, 0) is 5.75 Å². The molecule has 3 heterocycles. The Morgan fingerprint density at radius 1 is 1.22 bits per heavy atom. The minimum Gasteiger partial charge on any atom is -0.395 e. The Labute approximate surface area is 134 Å². The summed E-state index contributed by atoms with van der Waals surface area (Å²) in [7, 11) is 0. The Balaban J connectivity index is 1.56. The molecule has 0 aliphatic carbocycles. The predicted molar refractivity (Wildman–Crippen MR) is 80.8 cm³/mol.